The molecule has 4 rings (SSSR count). The lowest BCUT2D eigenvalue weighted by molar-refractivity contribution is -0.202. The maximum atomic E-state index is 14.3. The molecule has 5 amide bonds. The van der Waals surface area contributed by atoms with Crippen molar-refractivity contribution in [2.24, 2.45) is 5.41 Å². The number of ketones is 1. The van der Waals surface area contributed by atoms with Crippen LogP contribution in [0.2, 0.25) is 0 Å². The first-order chi connectivity index (χ1) is 23.2. The summed E-state index contributed by atoms with van der Waals surface area (Å²) in [6.45, 7) is 3.18. The summed E-state index contributed by atoms with van der Waals surface area (Å²) < 4.78 is 68.7. The summed E-state index contributed by atoms with van der Waals surface area (Å²) in [7, 11) is -3.64. The average Bonchev–Trinajstić information content (AvgIpc) is 3.71. The average molecular weight is 735 g/mol. The number of alkyl halides is 3. The highest BCUT2D eigenvalue weighted by Gasteiger charge is 2.55. The van der Waals surface area contributed by atoms with Crippen molar-refractivity contribution in [1.29, 1.82) is 0 Å². The van der Waals surface area contributed by atoms with Gasteiger partial charge in [0.2, 0.25) is 27.6 Å². The number of nitrogens with one attached hydrogen (secondary N) is 4. The first-order valence-electron chi connectivity index (χ1n) is 17.8. The Morgan fingerprint density at radius 3 is 2.04 bits per heavy atom. The number of nitrogens with zero attached hydrogens (tertiary/aromatic N) is 2. The van der Waals surface area contributed by atoms with Gasteiger partial charge in [0.25, 0.3) is 5.91 Å². The minimum Gasteiger partial charge on any atom is -0.347 e. The van der Waals surface area contributed by atoms with Crippen LogP contribution in [0.3, 0.4) is 0 Å². The SMILES string of the molecule is CN(C(C)(C)C(F)(F)F)S(=O)(=O)CC1(NC(=O)N[C@H](C(=O)N2CCC[C@H]2C(=O)NCC(=O)C(=O)NC2CC2)C2(C)CCCCC2)CCCCC1. The van der Waals surface area contributed by atoms with E-state index in [-0.39, 0.29) is 25.4 Å². The van der Waals surface area contributed by atoms with Crippen molar-refractivity contribution < 1.29 is 45.6 Å². The highest BCUT2D eigenvalue weighted by Crippen LogP contribution is 2.41. The lowest BCUT2D eigenvalue weighted by Crippen LogP contribution is -2.65. The fourth-order valence-electron chi connectivity index (χ4n) is 7.42. The highest BCUT2D eigenvalue weighted by atomic mass is 32.2. The Morgan fingerprint density at radius 2 is 1.48 bits per heavy atom. The monoisotopic (exact) mass is 734 g/mol. The molecule has 4 fully saturated rings. The Balaban J connectivity index is 1.51. The van der Waals surface area contributed by atoms with Crippen molar-refractivity contribution in [1.82, 2.24) is 30.5 Å². The Labute approximate surface area is 292 Å². The summed E-state index contributed by atoms with van der Waals surface area (Å²) in [5.74, 6) is -3.38. The molecule has 1 heterocycles. The van der Waals surface area contributed by atoms with Crippen LogP contribution in [0, 0.1) is 5.41 Å². The van der Waals surface area contributed by atoms with E-state index in [4.69, 9.17) is 0 Å². The van der Waals surface area contributed by atoms with E-state index < -0.39 is 86.6 Å². The second-order valence-corrected chi connectivity index (χ2v) is 17.4. The third-order valence-corrected chi connectivity index (χ3v) is 13.4. The van der Waals surface area contributed by atoms with Gasteiger partial charge in [-0.2, -0.15) is 17.5 Å². The molecule has 0 aromatic rings. The molecule has 4 N–H and O–H groups in total. The molecule has 3 saturated carbocycles. The van der Waals surface area contributed by atoms with Crippen molar-refractivity contribution in [3.8, 4) is 0 Å². The summed E-state index contributed by atoms with van der Waals surface area (Å²) in [6.07, 6.45) is 3.67. The van der Waals surface area contributed by atoms with Crippen LogP contribution in [0.15, 0.2) is 0 Å². The Morgan fingerprint density at radius 1 is 0.900 bits per heavy atom. The van der Waals surface area contributed by atoms with Crippen molar-refractivity contribution in [3.63, 3.8) is 0 Å². The van der Waals surface area contributed by atoms with Crippen LogP contribution in [-0.2, 0) is 29.2 Å². The lowest BCUT2D eigenvalue weighted by atomic mass is 9.70. The highest BCUT2D eigenvalue weighted by molar-refractivity contribution is 7.89. The number of likely N-dealkylation sites (tertiary alicyclic amines) is 1. The molecule has 0 aromatic heterocycles. The number of rotatable bonds is 13. The van der Waals surface area contributed by atoms with Crippen LogP contribution in [-0.4, -0.2) is 108 Å². The predicted octanol–water partition coefficient (Wildman–Crippen LogP) is 2.88. The first-order valence-corrected chi connectivity index (χ1v) is 19.4. The molecule has 2 atom stereocenters. The largest absolute Gasteiger partial charge is 0.407 e. The molecule has 17 heteroatoms. The standard InChI is InChI=1S/C33H53F3N6O7S/c1-30(2,33(34,35)36)41(4)50(48,49)21-32(17-9-6-10-18-32)40-29(47)39-25(31(3)15-7-5-8-16-31)28(46)42-19-11-12-23(42)26(44)37-20-24(43)27(45)38-22-13-14-22/h22-23,25H,5-21H2,1-4H3,(H,37,44)(H,38,45)(H2,39,40,47)/t23-,25+/m0/s1. The van der Waals surface area contributed by atoms with Crippen molar-refractivity contribution in [2.45, 2.75) is 146 Å². The molecular formula is C33H53F3N6O7S. The van der Waals surface area contributed by atoms with E-state index in [1.807, 2.05) is 6.92 Å². The molecule has 0 radical (unpaired) electrons. The Kier molecular flexibility index (Phi) is 12.2. The molecule has 50 heavy (non-hydrogen) atoms. The van der Waals surface area contributed by atoms with Crippen LogP contribution >= 0.6 is 0 Å². The third kappa shape index (κ3) is 9.28. The number of carbonyl (C=O) groups is 5. The van der Waals surface area contributed by atoms with Gasteiger partial charge in [0.15, 0.2) is 0 Å². The van der Waals surface area contributed by atoms with E-state index in [0.29, 0.717) is 42.8 Å². The van der Waals surface area contributed by atoms with Crippen LogP contribution in [0.25, 0.3) is 0 Å². The smallest absolute Gasteiger partial charge is 0.347 e. The first kappa shape index (κ1) is 39.8. The topological polar surface area (TPSA) is 174 Å². The number of halogens is 3. The number of sulfonamides is 1. The zero-order chi connectivity index (χ0) is 37.1. The van der Waals surface area contributed by atoms with Crippen LogP contribution < -0.4 is 21.3 Å². The number of amides is 5. The van der Waals surface area contributed by atoms with E-state index >= 15 is 0 Å². The summed E-state index contributed by atoms with van der Waals surface area (Å²) in [5, 5.41) is 10.7. The van der Waals surface area contributed by atoms with Gasteiger partial charge in [-0.15, -0.1) is 0 Å². The van der Waals surface area contributed by atoms with Crippen LogP contribution in [0.4, 0.5) is 18.0 Å². The predicted molar refractivity (Wildman–Crippen MR) is 178 cm³/mol. The van der Waals surface area contributed by atoms with E-state index in [2.05, 4.69) is 21.3 Å². The number of hydrogen-bond donors (Lipinski definition) is 4. The van der Waals surface area contributed by atoms with Gasteiger partial charge in [-0.3, -0.25) is 19.2 Å². The van der Waals surface area contributed by atoms with E-state index in [1.165, 1.54) is 4.90 Å². The molecule has 0 aromatic carbocycles. The number of Topliss-reactive ketones (excluding diaryl/α,β-unsaturated/α-hetero) is 1. The second-order valence-electron chi connectivity index (χ2n) is 15.4. The summed E-state index contributed by atoms with van der Waals surface area (Å²) in [5.41, 5.74) is -4.76. The maximum Gasteiger partial charge on any atom is 0.407 e. The molecule has 0 unspecified atom stereocenters. The minimum absolute atomic E-state index is 0.0202. The fraction of sp³-hybridized carbons (Fsp3) is 0.848. The van der Waals surface area contributed by atoms with Crippen LogP contribution in [0.5, 0.6) is 0 Å². The molecule has 4 aliphatic rings. The number of carbonyl (C=O) groups excluding carboxylic acids is 5. The maximum absolute atomic E-state index is 14.3. The van der Waals surface area contributed by atoms with E-state index in [9.17, 15) is 45.6 Å². The molecule has 13 nitrogen and oxygen atoms in total. The van der Waals surface area contributed by atoms with Gasteiger partial charge in [-0.25, -0.2) is 13.2 Å². The zero-order valence-corrected chi connectivity index (χ0v) is 30.4. The molecule has 0 spiro atoms. The number of hydrogen-bond acceptors (Lipinski definition) is 7. The Hall–Kier alpha value is -2.95. The third-order valence-electron chi connectivity index (χ3n) is 11.2. The molecule has 0 bridgehead atoms. The number of urea groups is 1. The van der Waals surface area contributed by atoms with Crippen molar-refractivity contribution >= 4 is 39.6 Å². The van der Waals surface area contributed by atoms with Crippen molar-refractivity contribution in [3.05, 3.63) is 0 Å². The summed E-state index contributed by atoms with van der Waals surface area (Å²) in [6, 6.07) is -2.85. The van der Waals surface area contributed by atoms with E-state index in [0.717, 1.165) is 59.4 Å². The van der Waals surface area contributed by atoms with Gasteiger partial charge in [0, 0.05) is 19.6 Å². The second kappa shape index (κ2) is 15.3. The molecule has 1 aliphatic heterocycles. The molecule has 1 saturated heterocycles. The van der Waals surface area contributed by atoms with Gasteiger partial charge < -0.3 is 26.2 Å². The summed E-state index contributed by atoms with van der Waals surface area (Å²) in [4.78, 5) is 67.1. The lowest BCUT2D eigenvalue weighted by Gasteiger charge is -2.44. The molecular weight excluding hydrogens is 681 g/mol. The van der Waals surface area contributed by atoms with Gasteiger partial charge in [0.1, 0.15) is 17.6 Å². The van der Waals surface area contributed by atoms with Crippen molar-refractivity contribution in [2.75, 3.05) is 25.9 Å². The molecule has 3 aliphatic carbocycles. The van der Waals surface area contributed by atoms with Gasteiger partial charge in [-0.1, -0.05) is 45.4 Å². The van der Waals surface area contributed by atoms with E-state index in [1.54, 1.807) is 0 Å². The Bertz CT molecular complexity index is 1410. The van der Waals surface area contributed by atoms with Gasteiger partial charge >= 0.3 is 12.2 Å². The summed E-state index contributed by atoms with van der Waals surface area (Å²) >= 11 is 0. The molecule has 284 valence electrons. The zero-order valence-electron chi connectivity index (χ0n) is 29.5. The quantitative estimate of drug-likeness (QED) is 0.211. The van der Waals surface area contributed by atoms with Crippen LogP contribution in [0.1, 0.15) is 111 Å². The van der Waals surface area contributed by atoms with Gasteiger partial charge in [0.05, 0.1) is 17.8 Å². The minimum atomic E-state index is -4.84. The van der Waals surface area contributed by atoms with Gasteiger partial charge in [-0.05, 0) is 70.6 Å². The normalized spacial score (nSPS) is 23.1. The fourth-order valence-corrected chi connectivity index (χ4v) is 9.48.